The summed E-state index contributed by atoms with van der Waals surface area (Å²) in [7, 11) is 0. The molecule has 0 aliphatic heterocycles. The summed E-state index contributed by atoms with van der Waals surface area (Å²) in [4.78, 5) is 4.34. The third-order valence-electron chi connectivity index (χ3n) is 2.48. The van der Waals surface area contributed by atoms with Crippen LogP contribution in [0.1, 0.15) is 0 Å². The van der Waals surface area contributed by atoms with Crippen LogP contribution < -0.4 is 10.5 Å². The van der Waals surface area contributed by atoms with Crippen LogP contribution in [0.2, 0.25) is 0 Å². The zero-order valence-electron chi connectivity index (χ0n) is 9.56. The van der Waals surface area contributed by atoms with Crippen LogP contribution in [0, 0.1) is 5.82 Å². The molecule has 0 saturated carbocycles. The van der Waals surface area contributed by atoms with Crippen LogP contribution in [0.5, 0.6) is 10.9 Å². The van der Waals surface area contributed by atoms with Crippen molar-refractivity contribution < 1.29 is 9.13 Å². The second kappa shape index (κ2) is 4.79. The van der Waals surface area contributed by atoms with Gasteiger partial charge in [-0.05, 0) is 52.3 Å². The fraction of sp³-hybridized carbons (Fsp3) is 0. The number of hydrogen-bond donors (Lipinski definition) is 1. The Morgan fingerprint density at radius 1 is 1.21 bits per heavy atom. The number of nitrogens with two attached hydrogens (primary N) is 1. The van der Waals surface area contributed by atoms with Crippen molar-refractivity contribution in [2.24, 2.45) is 0 Å². The van der Waals surface area contributed by atoms with Crippen LogP contribution in [-0.2, 0) is 0 Å². The summed E-state index contributed by atoms with van der Waals surface area (Å²) < 4.78 is 20.1. The van der Waals surface area contributed by atoms with E-state index in [2.05, 4.69) is 20.9 Å². The summed E-state index contributed by atoms with van der Waals surface area (Å²) in [6.45, 7) is 0. The smallest absolute Gasteiger partial charge is 0.279 e. The van der Waals surface area contributed by atoms with Gasteiger partial charge in [0.05, 0.1) is 14.7 Å². The molecular weight excluding hydrogens is 331 g/mol. The van der Waals surface area contributed by atoms with E-state index in [0.717, 1.165) is 10.2 Å². The van der Waals surface area contributed by atoms with E-state index in [1.807, 2.05) is 12.1 Å². The molecule has 0 saturated heterocycles. The Balaban J connectivity index is 1.96. The van der Waals surface area contributed by atoms with Crippen molar-refractivity contribution in [3.8, 4) is 10.9 Å². The fourth-order valence-corrected chi connectivity index (χ4v) is 2.92. The second-order valence-corrected chi connectivity index (χ2v) is 5.73. The van der Waals surface area contributed by atoms with Crippen LogP contribution in [0.15, 0.2) is 40.9 Å². The second-order valence-electron chi connectivity index (χ2n) is 3.88. The maximum atomic E-state index is 13.0. The first-order valence-corrected chi connectivity index (χ1v) is 7.02. The molecule has 1 heterocycles. The fourth-order valence-electron chi connectivity index (χ4n) is 1.62. The van der Waals surface area contributed by atoms with Gasteiger partial charge in [-0.2, -0.15) is 0 Å². The number of fused-ring (bicyclic) bond motifs is 1. The summed E-state index contributed by atoms with van der Waals surface area (Å²) in [6, 6.07) is 9.72. The topological polar surface area (TPSA) is 48.1 Å². The van der Waals surface area contributed by atoms with Gasteiger partial charge in [0.2, 0.25) is 0 Å². The third kappa shape index (κ3) is 2.54. The number of rotatable bonds is 2. The number of halogens is 2. The normalized spacial score (nSPS) is 10.8. The maximum absolute atomic E-state index is 13.0. The molecule has 2 aromatic carbocycles. The summed E-state index contributed by atoms with van der Waals surface area (Å²) in [5.41, 5.74) is 7.23. The van der Waals surface area contributed by atoms with Crippen molar-refractivity contribution in [1.82, 2.24) is 4.98 Å². The molecule has 0 atom stereocenters. The summed E-state index contributed by atoms with van der Waals surface area (Å²) in [5, 5.41) is 0.493. The molecule has 3 aromatic rings. The van der Waals surface area contributed by atoms with Gasteiger partial charge < -0.3 is 10.5 Å². The standard InChI is InChI=1S/C13H8BrFN2OS/c14-9-5-7(15)1-4-11(9)18-13-17-10-3-2-8(16)6-12(10)19-13/h1-6H,16H2. The number of aromatic nitrogens is 1. The molecule has 0 fully saturated rings. The largest absolute Gasteiger partial charge is 0.430 e. The predicted octanol–water partition coefficient (Wildman–Crippen LogP) is 4.57. The highest BCUT2D eigenvalue weighted by atomic mass is 79.9. The first-order valence-electron chi connectivity index (χ1n) is 5.41. The maximum Gasteiger partial charge on any atom is 0.279 e. The average molecular weight is 339 g/mol. The van der Waals surface area contributed by atoms with Crippen LogP contribution in [0.3, 0.4) is 0 Å². The Hall–Kier alpha value is -1.66. The van der Waals surface area contributed by atoms with Crippen molar-refractivity contribution in [2.45, 2.75) is 0 Å². The Morgan fingerprint density at radius 3 is 2.84 bits per heavy atom. The van der Waals surface area contributed by atoms with Crippen LogP contribution in [0.25, 0.3) is 10.2 Å². The lowest BCUT2D eigenvalue weighted by Gasteiger charge is -2.03. The molecule has 0 radical (unpaired) electrons. The lowest BCUT2D eigenvalue weighted by Crippen LogP contribution is -1.85. The summed E-state index contributed by atoms with van der Waals surface area (Å²) in [6.07, 6.45) is 0. The Morgan fingerprint density at radius 2 is 2.05 bits per heavy atom. The quantitative estimate of drug-likeness (QED) is 0.696. The van der Waals surface area contributed by atoms with E-state index >= 15 is 0 Å². The number of nitrogen functional groups attached to an aromatic ring is 1. The highest BCUT2D eigenvalue weighted by Crippen LogP contribution is 2.35. The van der Waals surface area contributed by atoms with Gasteiger partial charge >= 0.3 is 0 Å². The van der Waals surface area contributed by atoms with E-state index in [-0.39, 0.29) is 5.82 Å². The van der Waals surface area contributed by atoms with E-state index in [0.29, 0.717) is 21.1 Å². The van der Waals surface area contributed by atoms with Crippen molar-refractivity contribution in [3.63, 3.8) is 0 Å². The summed E-state index contributed by atoms with van der Waals surface area (Å²) >= 11 is 4.64. The molecule has 2 N–H and O–H groups in total. The molecule has 96 valence electrons. The van der Waals surface area contributed by atoms with Gasteiger partial charge in [-0.3, -0.25) is 0 Å². The van der Waals surface area contributed by atoms with Crippen molar-refractivity contribution >= 4 is 43.2 Å². The number of benzene rings is 2. The molecule has 3 rings (SSSR count). The third-order valence-corrected chi connectivity index (χ3v) is 4.00. The average Bonchev–Trinajstić information content (AvgIpc) is 2.74. The molecule has 0 aliphatic carbocycles. The SMILES string of the molecule is Nc1ccc2nc(Oc3ccc(F)cc3Br)sc2c1. The number of ether oxygens (including phenoxy) is 1. The van der Waals surface area contributed by atoms with E-state index in [4.69, 9.17) is 10.5 Å². The van der Waals surface area contributed by atoms with Crippen molar-refractivity contribution in [3.05, 3.63) is 46.7 Å². The lowest BCUT2D eigenvalue weighted by atomic mass is 10.3. The molecule has 6 heteroatoms. The predicted molar refractivity (Wildman–Crippen MR) is 78.2 cm³/mol. The van der Waals surface area contributed by atoms with Crippen LogP contribution >= 0.6 is 27.3 Å². The van der Waals surface area contributed by atoms with Gasteiger partial charge in [0.25, 0.3) is 5.19 Å². The molecule has 0 spiro atoms. The number of hydrogen-bond acceptors (Lipinski definition) is 4. The first-order chi connectivity index (χ1) is 9.11. The van der Waals surface area contributed by atoms with E-state index in [1.54, 1.807) is 12.1 Å². The van der Waals surface area contributed by atoms with Gasteiger partial charge in [-0.25, -0.2) is 9.37 Å². The van der Waals surface area contributed by atoms with E-state index in [1.165, 1.54) is 23.5 Å². The van der Waals surface area contributed by atoms with E-state index in [9.17, 15) is 4.39 Å². The van der Waals surface area contributed by atoms with Crippen molar-refractivity contribution in [2.75, 3.05) is 5.73 Å². The zero-order chi connectivity index (χ0) is 13.4. The molecular formula is C13H8BrFN2OS. The molecule has 19 heavy (non-hydrogen) atoms. The molecule has 0 unspecified atom stereocenters. The minimum atomic E-state index is -0.323. The highest BCUT2D eigenvalue weighted by Gasteiger charge is 2.09. The molecule has 0 aliphatic rings. The lowest BCUT2D eigenvalue weighted by molar-refractivity contribution is 0.475. The van der Waals surface area contributed by atoms with Gasteiger partial charge in [0.15, 0.2) is 0 Å². The highest BCUT2D eigenvalue weighted by molar-refractivity contribution is 9.10. The Bertz CT molecular complexity index is 759. The monoisotopic (exact) mass is 338 g/mol. The van der Waals surface area contributed by atoms with E-state index < -0.39 is 0 Å². The molecule has 0 amide bonds. The molecule has 0 bridgehead atoms. The zero-order valence-corrected chi connectivity index (χ0v) is 12.0. The first kappa shape index (κ1) is 12.4. The molecule has 1 aromatic heterocycles. The summed E-state index contributed by atoms with van der Waals surface area (Å²) in [5.74, 6) is 0.199. The van der Waals surface area contributed by atoms with Crippen LogP contribution in [-0.4, -0.2) is 4.98 Å². The van der Waals surface area contributed by atoms with Gasteiger partial charge in [-0.1, -0.05) is 11.3 Å². The Labute approximate surface area is 121 Å². The molecule has 3 nitrogen and oxygen atoms in total. The number of nitrogens with zero attached hydrogens (tertiary/aromatic N) is 1. The van der Waals surface area contributed by atoms with Crippen molar-refractivity contribution in [1.29, 1.82) is 0 Å². The minimum absolute atomic E-state index is 0.323. The van der Waals surface area contributed by atoms with Gasteiger partial charge in [0.1, 0.15) is 11.6 Å². The van der Waals surface area contributed by atoms with Crippen LogP contribution in [0.4, 0.5) is 10.1 Å². The number of thiazole rings is 1. The van der Waals surface area contributed by atoms with Gasteiger partial charge in [0, 0.05) is 5.69 Å². The number of anilines is 1. The minimum Gasteiger partial charge on any atom is -0.430 e. The van der Waals surface area contributed by atoms with Gasteiger partial charge in [-0.15, -0.1) is 0 Å². The Kier molecular flexibility index (Phi) is 3.12.